The minimum absolute atomic E-state index is 0.139. The molecule has 3 N–H and O–H groups in total. The number of nitrogens with zero attached hydrogens (tertiary/aromatic N) is 4. The molecule has 1 aromatic carbocycles. The molecule has 0 spiro atoms. The molecule has 3 aliphatic rings. The van der Waals surface area contributed by atoms with Crippen molar-refractivity contribution in [2.24, 2.45) is 0 Å². The Kier molecular flexibility index (Phi) is 5.84. The Morgan fingerprint density at radius 1 is 1.19 bits per heavy atom. The number of ether oxygens (including phenoxy) is 2. The average Bonchev–Trinajstić information content (AvgIpc) is 3.46. The van der Waals surface area contributed by atoms with Gasteiger partial charge in [-0.1, -0.05) is 0 Å². The third-order valence-electron chi connectivity index (χ3n) is 6.94. The summed E-state index contributed by atoms with van der Waals surface area (Å²) in [7, 11) is 1.73. The molecule has 3 unspecified atom stereocenters. The predicted molar refractivity (Wildman–Crippen MR) is 130 cm³/mol. The van der Waals surface area contributed by atoms with E-state index in [1.807, 2.05) is 4.90 Å². The first-order chi connectivity index (χ1) is 17.5. The topological polar surface area (TPSA) is 106 Å². The zero-order chi connectivity index (χ0) is 24.8. The third-order valence-corrected chi connectivity index (χ3v) is 6.94. The molecule has 1 saturated heterocycles. The van der Waals surface area contributed by atoms with Crippen molar-refractivity contribution in [2.75, 3.05) is 48.9 Å². The van der Waals surface area contributed by atoms with Crippen LogP contribution < -0.4 is 20.9 Å². The van der Waals surface area contributed by atoms with Crippen LogP contribution in [0.3, 0.4) is 0 Å². The van der Waals surface area contributed by atoms with E-state index in [1.54, 1.807) is 25.2 Å². The lowest BCUT2D eigenvalue weighted by atomic mass is 10.1. The third kappa shape index (κ3) is 4.09. The molecule has 2 aromatic heterocycles. The molecular weight excluding hydrogens is 472 g/mol. The molecular formula is C24H27F2N7O3. The molecule has 2 fully saturated rings. The van der Waals surface area contributed by atoms with Crippen LogP contribution in [0.1, 0.15) is 18.4 Å². The molecule has 3 atom stereocenters. The van der Waals surface area contributed by atoms with Crippen LogP contribution in [0.4, 0.5) is 36.5 Å². The number of anilines is 4. The van der Waals surface area contributed by atoms with E-state index in [2.05, 4.69) is 25.9 Å². The summed E-state index contributed by atoms with van der Waals surface area (Å²) < 4.78 is 43.0. The van der Waals surface area contributed by atoms with E-state index >= 15 is 4.39 Å². The largest absolute Gasteiger partial charge is 0.386 e. The second-order valence-electron chi connectivity index (χ2n) is 9.27. The van der Waals surface area contributed by atoms with Gasteiger partial charge in [0.1, 0.15) is 23.8 Å². The Bertz CT molecular complexity index is 1310. The first-order valence-electron chi connectivity index (χ1n) is 12.0. The van der Waals surface area contributed by atoms with Crippen LogP contribution in [0.25, 0.3) is 11.2 Å². The fraction of sp³-hybridized carbons (Fsp3) is 0.458. The number of hydrogen-bond acceptors (Lipinski definition) is 8. The van der Waals surface area contributed by atoms with Crippen molar-refractivity contribution < 1.29 is 23.0 Å². The number of benzene rings is 1. The number of alkyl halides is 1. The number of morpholine rings is 1. The summed E-state index contributed by atoms with van der Waals surface area (Å²) in [5.74, 6) is -0.0830. The van der Waals surface area contributed by atoms with Crippen LogP contribution in [0.2, 0.25) is 0 Å². The highest BCUT2D eigenvalue weighted by Gasteiger charge is 2.37. The smallest absolute Gasteiger partial charge is 0.328 e. The summed E-state index contributed by atoms with van der Waals surface area (Å²) in [4.78, 5) is 24.0. The van der Waals surface area contributed by atoms with Gasteiger partial charge in [-0.25, -0.2) is 28.1 Å². The van der Waals surface area contributed by atoms with Gasteiger partial charge in [-0.15, -0.1) is 0 Å². The van der Waals surface area contributed by atoms with Crippen molar-refractivity contribution in [3.8, 4) is 0 Å². The lowest BCUT2D eigenvalue weighted by Crippen LogP contribution is -2.43. The van der Waals surface area contributed by atoms with E-state index in [4.69, 9.17) is 9.47 Å². The number of carbonyl (C=O) groups excluding carboxylic acids is 1. The van der Waals surface area contributed by atoms with Gasteiger partial charge in [-0.05, 0) is 17.7 Å². The van der Waals surface area contributed by atoms with Gasteiger partial charge in [-0.3, -0.25) is 0 Å². The molecule has 10 nitrogen and oxygen atoms in total. The van der Waals surface area contributed by atoms with E-state index in [-0.39, 0.29) is 30.8 Å². The highest BCUT2D eigenvalue weighted by Crippen LogP contribution is 2.34. The zero-order valence-corrected chi connectivity index (χ0v) is 19.8. The van der Waals surface area contributed by atoms with Crippen molar-refractivity contribution in [1.29, 1.82) is 0 Å². The van der Waals surface area contributed by atoms with Gasteiger partial charge < -0.3 is 30.3 Å². The molecule has 1 aliphatic carbocycles. The van der Waals surface area contributed by atoms with Gasteiger partial charge >= 0.3 is 6.03 Å². The summed E-state index contributed by atoms with van der Waals surface area (Å²) in [6.07, 6.45) is 0.0826. The average molecular weight is 500 g/mol. The van der Waals surface area contributed by atoms with E-state index in [0.717, 1.165) is 5.56 Å². The minimum Gasteiger partial charge on any atom is -0.386 e. The standard InChI is InChI=1S/C24H27F2N7O3/c1-27-17-10-20-29-16-6-13(7-18(21(16)26)32-2-4-35-5-3-32)11-36-19-9-14(25)8-15(19)30-24(34)33-12-28-22(17)23(33)31-20/h6-7,10,12,14-15,19H,2-5,8-9,11H2,1H3,(H,30,34)(H2,27,29,31). The van der Waals surface area contributed by atoms with Crippen molar-refractivity contribution >= 4 is 40.1 Å². The second-order valence-corrected chi connectivity index (χ2v) is 9.27. The summed E-state index contributed by atoms with van der Waals surface area (Å²) in [6.45, 7) is 2.29. The molecule has 3 aromatic rings. The number of carbonyl (C=O) groups is 1. The van der Waals surface area contributed by atoms with Gasteiger partial charge in [0.2, 0.25) is 0 Å². The Morgan fingerprint density at radius 2 is 2.03 bits per heavy atom. The van der Waals surface area contributed by atoms with Gasteiger partial charge in [-0.2, -0.15) is 0 Å². The highest BCUT2D eigenvalue weighted by molar-refractivity contribution is 5.94. The summed E-state index contributed by atoms with van der Waals surface area (Å²) >= 11 is 0. The van der Waals surface area contributed by atoms with E-state index < -0.39 is 30.2 Å². The number of imidazole rings is 1. The van der Waals surface area contributed by atoms with Crippen LogP contribution >= 0.6 is 0 Å². The van der Waals surface area contributed by atoms with Crippen LogP contribution in [0.5, 0.6) is 0 Å². The SMILES string of the molecule is CNc1cc2nc3c1ncn3C(=O)NC1CC(F)CC1OCc1cc(c(F)c(N3CCOCC3)c1)N2. The molecule has 4 bridgehead atoms. The first-order valence-corrected chi connectivity index (χ1v) is 12.0. The number of pyridine rings is 1. The number of halogens is 2. The summed E-state index contributed by atoms with van der Waals surface area (Å²) in [6, 6.07) is 4.16. The van der Waals surface area contributed by atoms with Crippen molar-refractivity contribution in [1.82, 2.24) is 19.9 Å². The Balaban J connectivity index is 1.49. The lowest BCUT2D eigenvalue weighted by Gasteiger charge is -2.30. The number of rotatable bonds is 2. The monoisotopic (exact) mass is 499 g/mol. The summed E-state index contributed by atoms with van der Waals surface area (Å²) in [5, 5.41) is 9.04. The molecule has 1 saturated carbocycles. The first kappa shape index (κ1) is 22.9. The number of aromatic nitrogens is 3. The van der Waals surface area contributed by atoms with Gasteiger partial charge in [0.05, 0.1) is 49.0 Å². The Morgan fingerprint density at radius 3 is 2.83 bits per heavy atom. The zero-order valence-electron chi connectivity index (χ0n) is 19.8. The number of hydrogen-bond donors (Lipinski definition) is 3. The maximum absolute atomic E-state index is 15.8. The maximum atomic E-state index is 15.8. The lowest BCUT2D eigenvalue weighted by molar-refractivity contribution is 0.0273. The summed E-state index contributed by atoms with van der Waals surface area (Å²) in [5.41, 5.74) is 2.79. The number of nitrogens with one attached hydrogen (secondary N) is 3. The number of fused-ring (bicyclic) bond motifs is 4. The van der Waals surface area contributed by atoms with Crippen LogP contribution in [0, 0.1) is 5.82 Å². The quantitative estimate of drug-likeness (QED) is 0.494. The van der Waals surface area contributed by atoms with Crippen LogP contribution in [-0.2, 0) is 16.1 Å². The molecule has 190 valence electrons. The maximum Gasteiger partial charge on any atom is 0.328 e. The van der Waals surface area contributed by atoms with E-state index in [1.165, 1.54) is 10.9 Å². The van der Waals surface area contributed by atoms with Gasteiger partial charge in [0.15, 0.2) is 11.5 Å². The Labute approximate surface area is 206 Å². The minimum atomic E-state index is -1.09. The van der Waals surface area contributed by atoms with Crippen LogP contribution in [0.15, 0.2) is 24.5 Å². The van der Waals surface area contributed by atoms with Crippen molar-refractivity contribution in [3.63, 3.8) is 0 Å². The molecule has 1 amide bonds. The van der Waals surface area contributed by atoms with E-state index in [0.29, 0.717) is 49.0 Å². The molecule has 6 rings (SSSR count). The fourth-order valence-corrected chi connectivity index (χ4v) is 5.11. The van der Waals surface area contributed by atoms with E-state index in [9.17, 15) is 9.18 Å². The Hall–Kier alpha value is -3.51. The van der Waals surface area contributed by atoms with Crippen LogP contribution in [-0.4, -0.2) is 72.2 Å². The van der Waals surface area contributed by atoms with Gasteiger partial charge in [0, 0.05) is 39.0 Å². The van der Waals surface area contributed by atoms with Gasteiger partial charge in [0.25, 0.3) is 0 Å². The normalized spacial score (nSPS) is 24.2. The molecule has 36 heavy (non-hydrogen) atoms. The predicted octanol–water partition coefficient (Wildman–Crippen LogP) is 3.15. The van der Waals surface area contributed by atoms with Crippen molar-refractivity contribution in [2.45, 2.75) is 37.8 Å². The van der Waals surface area contributed by atoms with Crippen molar-refractivity contribution in [3.05, 3.63) is 35.9 Å². The second kappa shape index (κ2) is 9.17. The molecule has 0 radical (unpaired) electrons. The fourth-order valence-electron chi connectivity index (χ4n) is 5.11. The molecule has 2 aliphatic heterocycles. The highest BCUT2D eigenvalue weighted by atomic mass is 19.1. The molecule has 12 heteroatoms. The number of amides is 1. The molecule has 4 heterocycles.